The van der Waals surface area contributed by atoms with Crippen LogP contribution < -0.4 is 4.90 Å². The van der Waals surface area contributed by atoms with Gasteiger partial charge in [0, 0.05) is 23.1 Å². The summed E-state index contributed by atoms with van der Waals surface area (Å²) >= 11 is 1.52. The predicted octanol–water partition coefficient (Wildman–Crippen LogP) is 4.72. The first-order valence-corrected chi connectivity index (χ1v) is 9.97. The zero-order valence-corrected chi connectivity index (χ0v) is 16.9. The number of anilines is 1. The average Bonchev–Trinajstić information content (AvgIpc) is 3.15. The lowest BCUT2D eigenvalue weighted by molar-refractivity contribution is 0.0985. The van der Waals surface area contributed by atoms with E-state index < -0.39 is 0 Å². The quantitative estimate of drug-likeness (QED) is 0.596. The topological polar surface area (TPSA) is 36.4 Å². The third kappa shape index (κ3) is 4.81. The molecule has 27 heavy (non-hydrogen) atoms. The molecule has 1 aromatic heterocycles. The summed E-state index contributed by atoms with van der Waals surface area (Å²) in [6.07, 6.45) is 0.894. The normalized spacial score (nSPS) is 11.0. The summed E-state index contributed by atoms with van der Waals surface area (Å²) in [7, 11) is 4.09. The van der Waals surface area contributed by atoms with Gasteiger partial charge in [-0.3, -0.25) is 9.69 Å². The lowest BCUT2D eigenvalue weighted by Gasteiger charge is -2.22. The molecule has 1 amide bonds. The number of rotatable bonds is 7. The van der Waals surface area contributed by atoms with Crippen LogP contribution in [0.3, 0.4) is 0 Å². The van der Waals surface area contributed by atoms with Gasteiger partial charge in [-0.15, -0.1) is 11.3 Å². The molecule has 5 heteroatoms. The average molecular weight is 380 g/mol. The van der Waals surface area contributed by atoms with E-state index in [1.807, 2.05) is 85.9 Å². The van der Waals surface area contributed by atoms with E-state index in [2.05, 4.69) is 4.90 Å². The van der Waals surface area contributed by atoms with Gasteiger partial charge in [0.1, 0.15) is 0 Å². The largest absolute Gasteiger partial charge is 0.309 e. The van der Waals surface area contributed by atoms with Crippen molar-refractivity contribution in [3.63, 3.8) is 0 Å². The van der Waals surface area contributed by atoms with Gasteiger partial charge in [0.15, 0.2) is 5.13 Å². The number of carbonyl (C=O) groups is 1. The second kappa shape index (κ2) is 8.93. The number of thiazole rings is 1. The van der Waals surface area contributed by atoms with Gasteiger partial charge >= 0.3 is 0 Å². The van der Waals surface area contributed by atoms with E-state index in [-0.39, 0.29) is 5.91 Å². The minimum absolute atomic E-state index is 0.0146. The molecule has 140 valence electrons. The fourth-order valence-corrected chi connectivity index (χ4v) is 3.78. The molecule has 0 saturated carbocycles. The maximum atomic E-state index is 13.3. The molecule has 0 fully saturated rings. The van der Waals surface area contributed by atoms with Crippen LogP contribution in [-0.4, -0.2) is 43.0 Å². The molecule has 0 radical (unpaired) electrons. The molecule has 0 aliphatic rings. The number of benzene rings is 2. The smallest absolute Gasteiger partial charge is 0.260 e. The molecule has 0 atom stereocenters. The van der Waals surface area contributed by atoms with Gasteiger partial charge in [0.2, 0.25) is 0 Å². The fourth-order valence-electron chi connectivity index (χ4n) is 2.92. The summed E-state index contributed by atoms with van der Waals surface area (Å²) in [5, 5.41) is 2.77. The van der Waals surface area contributed by atoms with Crippen LogP contribution in [0.1, 0.15) is 22.3 Å². The zero-order valence-electron chi connectivity index (χ0n) is 16.1. The molecule has 3 aromatic rings. The second-order valence-corrected chi connectivity index (χ2v) is 7.65. The molecule has 0 spiro atoms. The Labute approximate surface area is 165 Å². The Hall–Kier alpha value is -2.50. The highest BCUT2D eigenvalue weighted by Gasteiger charge is 2.22. The highest BCUT2D eigenvalue weighted by Crippen LogP contribution is 2.29. The molecule has 0 N–H and O–H groups in total. The van der Waals surface area contributed by atoms with Crippen molar-refractivity contribution in [2.75, 3.05) is 32.1 Å². The Morgan fingerprint density at radius 2 is 1.70 bits per heavy atom. The van der Waals surface area contributed by atoms with Gasteiger partial charge < -0.3 is 4.90 Å². The third-order valence-corrected chi connectivity index (χ3v) is 5.26. The van der Waals surface area contributed by atoms with E-state index in [1.165, 1.54) is 11.3 Å². The molecule has 0 unspecified atom stereocenters. The van der Waals surface area contributed by atoms with Crippen molar-refractivity contribution in [3.05, 3.63) is 71.1 Å². The fraction of sp³-hybridized carbons (Fsp3) is 0.273. The molecular weight excluding hydrogens is 354 g/mol. The molecule has 4 nitrogen and oxygen atoms in total. The zero-order chi connectivity index (χ0) is 19.2. The summed E-state index contributed by atoms with van der Waals surface area (Å²) in [6, 6.07) is 17.8. The lowest BCUT2D eigenvalue weighted by Crippen LogP contribution is -2.33. The summed E-state index contributed by atoms with van der Waals surface area (Å²) in [5.41, 5.74) is 3.70. The lowest BCUT2D eigenvalue weighted by atomic mass is 10.1. The maximum absolute atomic E-state index is 13.3. The molecule has 0 bridgehead atoms. The number of aromatic nitrogens is 1. The maximum Gasteiger partial charge on any atom is 0.260 e. The van der Waals surface area contributed by atoms with Crippen molar-refractivity contribution < 1.29 is 4.79 Å². The van der Waals surface area contributed by atoms with Crippen LogP contribution in [0.4, 0.5) is 5.13 Å². The van der Waals surface area contributed by atoms with Gasteiger partial charge in [-0.1, -0.05) is 48.5 Å². The number of aryl methyl sites for hydroxylation is 1. The van der Waals surface area contributed by atoms with Crippen molar-refractivity contribution >= 4 is 22.4 Å². The van der Waals surface area contributed by atoms with Crippen LogP contribution in [0.5, 0.6) is 0 Å². The SMILES string of the molecule is Cc1ccccc1C(=O)N(CCCN(C)C)c1nc(-c2ccccc2)cs1. The molecule has 2 aromatic carbocycles. The molecule has 0 aliphatic carbocycles. The van der Waals surface area contributed by atoms with Crippen molar-refractivity contribution in [1.29, 1.82) is 0 Å². The van der Waals surface area contributed by atoms with Crippen molar-refractivity contribution in [2.45, 2.75) is 13.3 Å². The van der Waals surface area contributed by atoms with Crippen LogP contribution in [0.15, 0.2) is 60.0 Å². The Bertz CT molecular complexity index is 889. The molecule has 3 rings (SSSR count). The molecule has 1 heterocycles. The van der Waals surface area contributed by atoms with Crippen molar-refractivity contribution in [3.8, 4) is 11.3 Å². The molecular formula is C22H25N3OS. The van der Waals surface area contributed by atoms with Crippen LogP contribution in [0.2, 0.25) is 0 Å². The Kier molecular flexibility index (Phi) is 6.37. The summed E-state index contributed by atoms with van der Waals surface area (Å²) in [5.74, 6) is 0.0146. The van der Waals surface area contributed by atoms with E-state index in [1.54, 1.807) is 0 Å². The standard InChI is InChI=1S/C22H25N3OS/c1-17-10-7-8-13-19(17)21(26)25(15-9-14-24(2)3)22-23-20(16-27-22)18-11-5-4-6-12-18/h4-8,10-13,16H,9,14-15H2,1-3H3. The number of amides is 1. The van der Waals surface area contributed by atoms with Gasteiger partial charge in [0.05, 0.1) is 5.69 Å². The van der Waals surface area contributed by atoms with Crippen LogP contribution >= 0.6 is 11.3 Å². The van der Waals surface area contributed by atoms with Crippen LogP contribution in [-0.2, 0) is 0 Å². The van der Waals surface area contributed by atoms with E-state index in [0.29, 0.717) is 6.54 Å². The van der Waals surface area contributed by atoms with Gasteiger partial charge in [-0.25, -0.2) is 4.98 Å². The van der Waals surface area contributed by atoms with Crippen molar-refractivity contribution in [1.82, 2.24) is 9.88 Å². The van der Waals surface area contributed by atoms with Crippen LogP contribution in [0, 0.1) is 6.92 Å². The first-order chi connectivity index (χ1) is 13.1. The van der Waals surface area contributed by atoms with E-state index in [9.17, 15) is 4.79 Å². The van der Waals surface area contributed by atoms with Crippen LogP contribution in [0.25, 0.3) is 11.3 Å². The Balaban J connectivity index is 1.89. The summed E-state index contributed by atoms with van der Waals surface area (Å²) in [4.78, 5) is 22.0. The summed E-state index contributed by atoms with van der Waals surface area (Å²) in [6.45, 7) is 3.55. The number of hydrogen-bond acceptors (Lipinski definition) is 4. The third-order valence-electron chi connectivity index (χ3n) is 4.40. The highest BCUT2D eigenvalue weighted by molar-refractivity contribution is 7.14. The van der Waals surface area contributed by atoms with Gasteiger partial charge in [-0.2, -0.15) is 0 Å². The minimum Gasteiger partial charge on any atom is -0.309 e. The number of nitrogens with zero attached hydrogens (tertiary/aromatic N) is 3. The molecule has 0 aliphatic heterocycles. The highest BCUT2D eigenvalue weighted by atomic mass is 32.1. The molecule has 0 saturated heterocycles. The van der Waals surface area contributed by atoms with Gasteiger partial charge in [-0.05, 0) is 45.6 Å². The van der Waals surface area contributed by atoms with Crippen molar-refractivity contribution in [2.24, 2.45) is 0 Å². The summed E-state index contributed by atoms with van der Waals surface area (Å²) < 4.78 is 0. The van der Waals surface area contributed by atoms with E-state index in [0.717, 1.165) is 40.5 Å². The number of carbonyl (C=O) groups excluding carboxylic acids is 1. The first kappa shape index (κ1) is 19.3. The van der Waals surface area contributed by atoms with E-state index in [4.69, 9.17) is 4.98 Å². The second-order valence-electron chi connectivity index (χ2n) is 6.81. The number of hydrogen-bond donors (Lipinski definition) is 0. The van der Waals surface area contributed by atoms with Gasteiger partial charge in [0.25, 0.3) is 5.91 Å². The first-order valence-electron chi connectivity index (χ1n) is 9.09. The Morgan fingerprint density at radius 3 is 2.41 bits per heavy atom. The van der Waals surface area contributed by atoms with E-state index >= 15 is 0 Å². The minimum atomic E-state index is 0.0146. The Morgan fingerprint density at radius 1 is 1.00 bits per heavy atom. The predicted molar refractivity (Wildman–Crippen MR) is 114 cm³/mol. The monoisotopic (exact) mass is 379 g/mol.